The summed E-state index contributed by atoms with van der Waals surface area (Å²) in [4.78, 5) is 31.0. The largest absolute Gasteiger partial charge is 0.480 e. The number of rotatable bonds is 15. The molecule has 0 radical (unpaired) electrons. The zero-order chi connectivity index (χ0) is 29.9. The Bertz CT molecular complexity index is 1480. The Balaban J connectivity index is 1.59. The molecule has 1 aromatic heterocycles. The number of carboxylic acids is 1. The standard InChI is InChI=1S/C33H36N2O4S3/c1-4-41-21-29(30-19-34-32(42-30)24-11-6-5-7-12-24)39-20-23-14-15-26(27(18-23)25-13-9-8-10-22(25)2)31(36)35-28(33(37)38)16-17-40-3/h5-15,18-19,28-29H,4,16-17,20-21H2,1-3H3,(H,35,36)(H,37,38)/t28-,29-/m0/s1. The third-order valence-corrected chi connectivity index (χ3v) is 9.49. The molecule has 2 N–H and O–H groups in total. The maximum Gasteiger partial charge on any atom is 0.326 e. The molecule has 220 valence electrons. The molecule has 2 atom stereocenters. The third-order valence-electron chi connectivity index (χ3n) is 6.76. The van der Waals surface area contributed by atoms with Crippen molar-refractivity contribution in [1.82, 2.24) is 10.3 Å². The molecule has 0 aliphatic carbocycles. The van der Waals surface area contributed by atoms with Gasteiger partial charge in [-0.1, -0.05) is 67.6 Å². The number of nitrogens with zero attached hydrogens (tertiary/aromatic N) is 1. The number of aryl methyl sites for hydroxylation is 1. The third kappa shape index (κ3) is 8.47. The molecule has 4 rings (SSSR count). The van der Waals surface area contributed by atoms with Crippen molar-refractivity contribution >= 4 is 46.7 Å². The first-order chi connectivity index (χ1) is 20.4. The summed E-state index contributed by atoms with van der Waals surface area (Å²) in [6.45, 7) is 4.50. The Labute approximate surface area is 260 Å². The maximum absolute atomic E-state index is 13.4. The molecule has 0 saturated heterocycles. The van der Waals surface area contributed by atoms with Crippen LogP contribution in [0, 0.1) is 6.92 Å². The van der Waals surface area contributed by atoms with Crippen molar-refractivity contribution in [3.63, 3.8) is 0 Å². The molecule has 4 aromatic rings. The Morgan fingerprint density at radius 3 is 2.52 bits per heavy atom. The summed E-state index contributed by atoms with van der Waals surface area (Å²) < 4.78 is 6.50. The van der Waals surface area contributed by atoms with Gasteiger partial charge in [-0.25, -0.2) is 9.78 Å². The predicted octanol–water partition coefficient (Wildman–Crippen LogP) is 7.73. The first-order valence-electron chi connectivity index (χ1n) is 13.8. The van der Waals surface area contributed by atoms with Crippen LogP contribution < -0.4 is 5.32 Å². The lowest BCUT2D eigenvalue weighted by atomic mass is 9.93. The van der Waals surface area contributed by atoms with Crippen molar-refractivity contribution in [1.29, 1.82) is 0 Å². The Hall–Kier alpha value is -3.11. The van der Waals surface area contributed by atoms with Crippen LogP contribution in [0.4, 0.5) is 0 Å². The molecule has 3 aromatic carbocycles. The number of carbonyl (C=O) groups excluding carboxylic acids is 1. The maximum atomic E-state index is 13.4. The van der Waals surface area contributed by atoms with E-state index in [1.165, 1.54) is 0 Å². The molecular weight excluding hydrogens is 585 g/mol. The van der Waals surface area contributed by atoms with Gasteiger partial charge in [0, 0.05) is 23.1 Å². The van der Waals surface area contributed by atoms with Gasteiger partial charge in [0.2, 0.25) is 0 Å². The molecule has 0 spiro atoms. The van der Waals surface area contributed by atoms with Crippen LogP contribution in [0.15, 0.2) is 79.0 Å². The average molecular weight is 621 g/mol. The van der Waals surface area contributed by atoms with Crippen LogP contribution in [0.2, 0.25) is 0 Å². The van der Waals surface area contributed by atoms with Gasteiger partial charge in [-0.05, 0) is 65.5 Å². The molecule has 0 fully saturated rings. The van der Waals surface area contributed by atoms with E-state index in [2.05, 4.69) is 29.4 Å². The highest BCUT2D eigenvalue weighted by Crippen LogP contribution is 2.34. The number of nitrogens with one attached hydrogen (secondary N) is 1. The number of amides is 1. The van der Waals surface area contributed by atoms with E-state index in [-0.39, 0.29) is 6.10 Å². The number of thiazole rings is 1. The van der Waals surface area contributed by atoms with Gasteiger partial charge in [-0.2, -0.15) is 23.5 Å². The van der Waals surface area contributed by atoms with Gasteiger partial charge in [0.05, 0.1) is 11.5 Å². The molecule has 1 heterocycles. The summed E-state index contributed by atoms with van der Waals surface area (Å²) in [6.07, 6.45) is 4.06. The summed E-state index contributed by atoms with van der Waals surface area (Å²) >= 11 is 5.03. The Morgan fingerprint density at radius 1 is 1.05 bits per heavy atom. The molecule has 0 aliphatic rings. The predicted molar refractivity (Wildman–Crippen MR) is 177 cm³/mol. The van der Waals surface area contributed by atoms with Crippen LogP contribution in [0.5, 0.6) is 0 Å². The number of carboxylic acid groups (broad SMARTS) is 1. The number of aliphatic carboxylic acids is 1. The molecule has 6 nitrogen and oxygen atoms in total. The number of hydrogen-bond acceptors (Lipinski definition) is 7. The Kier molecular flexibility index (Phi) is 12.1. The second kappa shape index (κ2) is 15.9. The SMILES string of the molecule is CCSC[C@H](OCc1ccc(C(=O)N[C@@H](CCSC)C(=O)O)c(-c2ccccc2C)c1)c1cnc(-c2ccccc2)s1. The Morgan fingerprint density at radius 2 is 1.81 bits per heavy atom. The van der Waals surface area contributed by atoms with Gasteiger partial charge >= 0.3 is 5.97 Å². The van der Waals surface area contributed by atoms with E-state index < -0.39 is 17.9 Å². The molecule has 9 heteroatoms. The van der Waals surface area contributed by atoms with E-state index in [1.807, 2.05) is 85.7 Å². The van der Waals surface area contributed by atoms with E-state index in [4.69, 9.17) is 4.74 Å². The highest BCUT2D eigenvalue weighted by molar-refractivity contribution is 7.99. The van der Waals surface area contributed by atoms with Crippen molar-refractivity contribution in [2.24, 2.45) is 0 Å². The number of carbonyl (C=O) groups is 2. The number of thioether (sulfide) groups is 2. The first kappa shape index (κ1) is 31.8. The monoisotopic (exact) mass is 620 g/mol. The lowest BCUT2D eigenvalue weighted by Gasteiger charge is -2.19. The van der Waals surface area contributed by atoms with Crippen molar-refractivity contribution in [2.75, 3.05) is 23.5 Å². The molecule has 0 unspecified atom stereocenters. The zero-order valence-corrected chi connectivity index (χ0v) is 26.5. The van der Waals surface area contributed by atoms with E-state index in [1.54, 1.807) is 29.2 Å². The molecule has 0 saturated carbocycles. The van der Waals surface area contributed by atoms with Gasteiger partial charge < -0.3 is 15.2 Å². The summed E-state index contributed by atoms with van der Waals surface area (Å²) in [5, 5.41) is 13.4. The van der Waals surface area contributed by atoms with Gasteiger partial charge in [-0.15, -0.1) is 11.3 Å². The number of ether oxygens (including phenoxy) is 1. The second-order valence-electron chi connectivity index (χ2n) is 9.73. The molecule has 42 heavy (non-hydrogen) atoms. The van der Waals surface area contributed by atoms with Crippen molar-refractivity contribution in [2.45, 2.75) is 39.0 Å². The topological polar surface area (TPSA) is 88.5 Å². The highest BCUT2D eigenvalue weighted by Gasteiger charge is 2.23. The number of benzene rings is 3. The smallest absolute Gasteiger partial charge is 0.326 e. The molecular formula is C33H36N2O4S3. The summed E-state index contributed by atoms with van der Waals surface area (Å²) in [7, 11) is 0. The zero-order valence-electron chi connectivity index (χ0n) is 24.0. The van der Waals surface area contributed by atoms with E-state index in [0.29, 0.717) is 24.3 Å². The first-order valence-corrected chi connectivity index (χ1v) is 17.2. The van der Waals surface area contributed by atoms with Gasteiger partial charge in [-0.3, -0.25) is 4.79 Å². The van der Waals surface area contributed by atoms with Gasteiger partial charge in [0.15, 0.2) is 0 Å². The van der Waals surface area contributed by atoms with Crippen LogP contribution in [0.3, 0.4) is 0 Å². The lowest BCUT2D eigenvalue weighted by Crippen LogP contribution is -2.41. The van der Waals surface area contributed by atoms with Crippen LogP contribution in [0.1, 0.15) is 45.8 Å². The summed E-state index contributed by atoms with van der Waals surface area (Å²) in [6, 6.07) is 22.7. The fourth-order valence-corrected chi connectivity index (χ4v) is 6.76. The minimum absolute atomic E-state index is 0.123. The van der Waals surface area contributed by atoms with Gasteiger partial charge in [0.25, 0.3) is 5.91 Å². The van der Waals surface area contributed by atoms with E-state index >= 15 is 0 Å². The van der Waals surface area contributed by atoms with E-state index in [0.717, 1.165) is 49.2 Å². The number of aromatic nitrogens is 1. The average Bonchev–Trinajstić information content (AvgIpc) is 3.50. The van der Waals surface area contributed by atoms with Crippen LogP contribution >= 0.6 is 34.9 Å². The second-order valence-corrected chi connectivity index (χ2v) is 13.1. The quantitative estimate of drug-likeness (QED) is 0.141. The fourth-order valence-electron chi connectivity index (χ4n) is 4.49. The normalized spacial score (nSPS) is 12.5. The summed E-state index contributed by atoms with van der Waals surface area (Å²) in [5.74, 6) is 1.01. The van der Waals surface area contributed by atoms with Crippen molar-refractivity contribution in [3.05, 3.63) is 101 Å². The molecule has 1 amide bonds. The van der Waals surface area contributed by atoms with Gasteiger partial charge in [0.1, 0.15) is 17.2 Å². The molecule has 0 aliphatic heterocycles. The number of hydrogen-bond donors (Lipinski definition) is 2. The summed E-state index contributed by atoms with van der Waals surface area (Å²) in [5.41, 5.74) is 5.17. The minimum Gasteiger partial charge on any atom is -0.480 e. The van der Waals surface area contributed by atoms with Crippen molar-refractivity contribution in [3.8, 4) is 21.7 Å². The van der Waals surface area contributed by atoms with Crippen LogP contribution in [0.25, 0.3) is 21.7 Å². The van der Waals surface area contributed by atoms with Crippen molar-refractivity contribution < 1.29 is 19.4 Å². The van der Waals surface area contributed by atoms with E-state index in [9.17, 15) is 14.7 Å². The minimum atomic E-state index is -1.03. The molecule has 0 bridgehead atoms. The fraction of sp³-hybridized carbons (Fsp3) is 0.303. The van der Waals surface area contributed by atoms with Crippen LogP contribution in [-0.4, -0.2) is 51.5 Å². The lowest BCUT2D eigenvalue weighted by molar-refractivity contribution is -0.139. The van der Waals surface area contributed by atoms with Crippen LogP contribution in [-0.2, 0) is 16.1 Å². The highest BCUT2D eigenvalue weighted by atomic mass is 32.2.